The smallest absolute Gasteiger partial charge is 0.253 e. The molecule has 1 heterocycles. The molecule has 0 spiro atoms. The molecular weight excluding hydrogens is 340 g/mol. The van der Waals surface area contributed by atoms with Gasteiger partial charge in [-0.15, -0.1) is 0 Å². The molecule has 6 nitrogen and oxygen atoms in total. The van der Waals surface area contributed by atoms with Gasteiger partial charge in [0, 0.05) is 30.5 Å². The molecule has 1 aromatic carbocycles. The predicted molar refractivity (Wildman–Crippen MR) is 107 cm³/mol. The molecule has 1 aromatic heterocycles. The minimum atomic E-state index is -0.102. The lowest BCUT2D eigenvalue weighted by molar-refractivity contribution is -0.114. The summed E-state index contributed by atoms with van der Waals surface area (Å²) in [6, 6.07) is 11.2. The fraction of sp³-hybridized carbons (Fsp3) is 0.381. The van der Waals surface area contributed by atoms with Gasteiger partial charge < -0.3 is 16.0 Å². The monoisotopic (exact) mass is 366 g/mol. The Labute approximate surface area is 159 Å². The molecule has 27 heavy (non-hydrogen) atoms. The summed E-state index contributed by atoms with van der Waals surface area (Å²) >= 11 is 0. The maximum absolute atomic E-state index is 12.4. The van der Waals surface area contributed by atoms with Crippen molar-refractivity contribution in [2.24, 2.45) is 0 Å². The molecule has 0 radical (unpaired) electrons. The first-order valence-corrected chi connectivity index (χ1v) is 9.52. The highest BCUT2D eigenvalue weighted by Crippen LogP contribution is 2.19. The van der Waals surface area contributed by atoms with Crippen LogP contribution in [0.4, 0.5) is 17.2 Å². The third-order valence-electron chi connectivity index (χ3n) is 4.69. The van der Waals surface area contributed by atoms with Crippen molar-refractivity contribution < 1.29 is 9.59 Å². The summed E-state index contributed by atoms with van der Waals surface area (Å²) in [5.74, 6) is 0.504. The van der Waals surface area contributed by atoms with Gasteiger partial charge >= 0.3 is 0 Å². The molecule has 1 aliphatic rings. The molecule has 0 atom stereocenters. The largest absolute Gasteiger partial charge is 0.349 e. The quantitative estimate of drug-likeness (QED) is 0.691. The number of amides is 2. The van der Waals surface area contributed by atoms with E-state index in [2.05, 4.69) is 20.9 Å². The van der Waals surface area contributed by atoms with Gasteiger partial charge in [-0.25, -0.2) is 4.98 Å². The van der Waals surface area contributed by atoms with Crippen LogP contribution in [-0.4, -0.2) is 22.8 Å². The third-order valence-corrected chi connectivity index (χ3v) is 4.69. The molecule has 1 fully saturated rings. The van der Waals surface area contributed by atoms with E-state index in [4.69, 9.17) is 0 Å². The van der Waals surface area contributed by atoms with Crippen LogP contribution in [0.15, 0.2) is 42.6 Å². The second kappa shape index (κ2) is 9.16. The molecule has 3 rings (SSSR count). The lowest BCUT2D eigenvalue weighted by Crippen LogP contribution is -2.34. The number of anilines is 3. The highest BCUT2D eigenvalue weighted by atomic mass is 16.2. The van der Waals surface area contributed by atoms with Crippen LogP contribution in [0.25, 0.3) is 0 Å². The number of nitrogens with one attached hydrogen (secondary N) is 3. The Morgan fingerprint density at radius 3 is 2.19 bits per heavy atom. The zero-order chi connectivity index (χ0) is 19.1. The number of nitrogens with zero attached hydrogens (tertiary/aromatic N) is 1. The van der Waals surface area contributed by atoms with Gasteiger partial charge in [-0.1, -0.05) is 25.7 Å². The van der Waals surface area contributed by atoms with Gasteiger partial charge in [-0.3, -0.25) is 9.59 Å². The van der Waals surface area contributed by atoms with Crippen molar-refractivity contribution in [3.05, 3.63) is 48.2 Å². The Balaban J connectivity index is 1.56. The van der Waals surface area contributed by atoms with Crippen LogP contribution in [0.3, 0.4) is 0 Å². The van der Waals surface area contributed by atoms with E-state index < -0.39 is 0 Å². The number of carbonyl (C=O) groups excluding carboxylic acids is 2. The molecule has 1 saturated carbocycles. The molecule has 2 amide bonds. The van der Waals surface area contributed by atoms with Gasteiger partial charge in [-0.05, 0) is 49.2 Å². The van der Waals surface area contributed by atoms with Crippen LogP contribution in [0.2, 0.25) is 0 Å². The van der Waals surface area contributed by atoms with E-state index in [-0.39, 0.29) is 17.9 Å². The Bertz CT molecular complexity index is 764. The van der Waals surface area contributed by atoms with E-state index in [1.807, 2.05) is 24.3 Å². The fourth-order valence-electron chi connectivity index (χ4n) is 3.28. The summed E-state index contributed by atoms with van der Waals surface area (Å²) in [6.07, 6.45) is 8.63. The van der Waals surface area contributed by atoms with Gasteiger partial charge in [0.1, 0.15) is 5.82 Å². The maximum Gasteiger partial charge on any atom is 0.253 e. The van der Waals surface area contributed by atoms with Crippen molar-refractivity contribution in [3.8, 4) is 0 Å². The fourth-order valence-corrected chi connectivity index (χ4v) is 3.28. The van der Waals surface area contributed by atoms with Crippen LogP contribution in [0.5, 0.6) is 0 Å². The summed E-state index contributed by atoms with van der Waals surface area (Å²) in [4.78, 5) is 27.8. The van der Waals surface area contributed by atoms with Crippen molar-refractivity contribution in [1.82, 2.24) is 10.3 Å². The lowest BCUT2D eigenvalue weighted by atomic mass is 10.1. The minimum Gasteiger partial charge on any atom is -0.349 e. The number of aromatic nitrogens is 1. The van der Waals surface area contributed by atoms with Crippen LogP contribution in [0, 0.1) is 0 Å². The standard InChI is InChI=1S/C21H26N4O2/c1-15(26)23-18-9-11-19(12-10-18)24-20-13-8-16(14-22-20)21(27)25-17-6-4-2-3-5-7-17/h8-14,17H,2-7H2,1H3,(H,22,24)(H,23,26)(H,25,27). The van der Waals surface area contributed by atoms with E-state index >= 15 is 0 Å². The lowest BCUT2D eigenvalue weighted by Gasteiger charge is -2.16. The van der Waals surface area contributed by atoms with Crippen LogP contribution < -0.4 is 16.0 Å². The number of pyridine rings is 1. The number of rotatable bonds is 5. The molecule has 0 aliphatic heterocycles. The molecule has 1 aliphatic carbocycles. The summed E-state index contributed by atoms with van der Waals surface area (Å²) in [6.45, 7) is 1.48. The topological polar surface area (TPSA) is 83.1 Å². The van der Waals surface area contributed by atoms with Crippen LogP contribution >= 0.6 is 0 Å². The molecule has 142 valence electrons. The summed E-state index contributed by atoms with van der Waals surface area (Å²) in [7, 11) is 0. The summed E-state index contributed by atoms with van der Waals surface area (Å²) in [5.41, 5.74) is 2.17. The van der Waals surface area contributed by atoms with Crippen molar-refractivity contribution in [2.45, 2.75) is 51.5 Å². The molecule has 0 saturated heterocycles. The van der Waals surface area contributed by atoms with E-state index in [0.29, 0.717) is 11.4 Å². The zero-order valence-corrected chi connectivity index (χ0v) is 15.6. The summed E-state index contributed by atoms with van der Waals surface area (Å²) in [5, 5.41) is 9.04. The number of carbonyl (C=O) groups is 2. The van der Waals surface area contributed by atoms with Gasteiger partial charge in [0.15, 0.2) is 0 Å². The predicted octanol–water partition coefficient (Wildman–Crippen LogP) is 4.24. The van der Waals surface area contributed by atoms with E-state index in [9.17, 15) is 9.59 Å². The molecule has 0 unspecified atom stereocenters. The van der Waals surface area contributed by atoms with Crippen LogP contribution in [-0.2, 0) is 4.79 Å². The third kappa shape index (κ3) is 5.81. The molecule has 0 bridgehead atoms. The van der Waals surface area contributed by atoms with Gasteiger partial charge in [-0.2, -0.15) is 0 Å². The average molecular weight is 366 g/mol. The van der Waals surface area contributed by atoms with Crippen molar-refractivity contribution in [2.75, 3.05) is 10.6 Å². The van der Waals surface area contributed by atoms with E-state index in [0.717, 1.165) is 24.2 Å². The SMILES string of the molecule is CC(=O)Nc1ccc(Nc2ccc(C(=O)NC3CCCCCC3)cn2)cc1. The first-order valence-electron chi connectivity index (χ1n) is 9.52. The molecule has 2 aromatic rings. The Morgan fingerprint density at radius 1 is 0.926 bits per heavy atom. The van der Waals surface area contributed by atoms with Crippen molar-refractivity contribution in [1.29, 1.82) is 0 Å². The van der Waals surface area contributed by atoms with Gasteiger partial charge in [0.05, 0.1) is 5.56 Å². The number of hydrogen-bond donors (Lipinski definition) is 3. The minimum absolute atomic E-state index is 0.0550. The molecular formula is C21H26N4O2. The maximum atomic E-state index is 12.4. The highest BCUT2D eigenvalue weighted by molar-refractivity contribution is 5.94. The van der Waals surface area contributed by atoms with E-state index in [1.54, 1.807) is 18.3 Å². The summed E-state index contributed by atoms with van der Waals surface area (Å²) < 4.78 is 0. The molecule has 3 N–H and O–H groups in total. The second-order valence-electron chi connectivity index (χ2n) is 6.98. The normalized spacial score (nSPS) is 14.9. The number of hydrogen-bond acceptors (Lipinski definition) is 4. The Kier molecular flexibility index (Phi) is 6.41. The van der Waals surface area contributed by atoms with Crippen LogP contribution in [0.1, 0.15) is 55.8 Å². The van der Waals surface area contributed by atoms with Gasteiger partial charge in [0.25, 0.3) is 5.91 Å². The van der Waals surface area contributed by atoms with Crippen molar-refractivity contribution >= 4 is 29.0 Å². The zero-order valence-electron chi connectivity index (χ0n) is 15.6. The van der Waals surface area contributed by atoms with E-state index in [1.165, 1.54) is 32.6 Å². The average Bonchev–Trinajstić information content (AvgIpc) is 2.92. The first kappa shape index (κ1) is 18.9. The second-order valence-corrected chi connectivity index (χ2v) is 6.98. The highest BCUT2D eigenvalue weighted by Gasteiger charge is 2.16. The Morgan fingerprint density at radius 2 is 1.59 bits per heavy atom. The number of benzene rings is 1. The van der Waals surface area contributed by atoms with Gasteiger partial charge in [0.2, 0.25) is 5.91 Å². The first-order chi connectivity index (χ1) is 13.1. The molecule has 6 heteroatoms. The Hall–Kier alpha value is -2.89. The van der Waals surface area contributed by atoms with Crippen molar-refractivity contribution in [3.63, 3.8) is 0 Å².